The van der Waals surface area contributed by atoms with Gasteiger partial charge in [-0.2, -0.15) is 0 Å². The Morgan fingerprint density at radius 2 is 2.00 bits per heavy atom. The Balaban J connectivity index is 2.23. The molecule has 1 aliphatic heterocycles. The fourth-order valence-electron chi connectivity index (χ4n) is 2.62. The van der Waals surface area contributed by atoms with E-state index in [1.165, 1.54) is 6.42 Å². The van der Waals surface area contributed by atoms with Crippen molar-refractivity contribution in [1.82, 2.24) is 5.32 Å². The van der Waals surface area contributed by atoms with Gasteiger partial charge >= 0.3 is 0 Å². The van der Waals surface area contributed by atoms with Crippen molar-refractivity contribution in [3.05, 3.63) is 12.3 Å². The molecule has 0 aromatic heterocycles. The summed E-state index contributed by atoms with van der Waals surface area (Å²) in [6, 6.07) is 0. The summed E-state index contributed by atoms with van der Waals surface area (Å²) in [7, 11) is 0. The number of piperidine rings is 1. The molecule has 13 heavy (non-hydrogen) atoms. The van der Waals surface area contributed by atoms with Gasteiger partial charge in [0.05, 0.1) is 5.41 Å². The third kappa shape index (κ3) is 1.28. The number of carbonyl (C=O) groups excluding carboxylic acids is 1. The van der Waals surface area contributed by atoms with Crippen molar-refractivity contribution in [1.29, 1.82) is 0 Å². The normalized spacial score (nSPS) is 34.8. The average Bonchev–Trinajstić information content (AvgIpc) is 2.15. The van der Waals surface area contributed by atoms with E-state index in [1.807, 2.05) is 0 Å². The first-order chi connectivity index (χ1) is 6.26. The van der Waals surface area contributed by atoms with E-state index in [-0.39, 0.29) is 5.41 Å². The molecule has 1 spiro atoms. The Bertz CT molecular complexity index is 218. The maximum absolute atomic E-state index is 11.9. The summed E-state index contributed by atoms with van der Waals surface area (Å²) < 4.78 is 0. The van der Waals surface area contributed by atoms with E-state index in [0.717, 1.165) is 44.3 Å². The van der Waals surface area contributed by atoms with Crippen molar-refractivity contribution in [2.75, 3.05) is 6.54 Å². The summed E-state index contributed by atoms with van der Waals surface area (Å²) in [5.74, 6) is 0.427. The molecular weight excluding hydrogens is 162 g/mol. The van der Waals surface area contributed by atoms with Gasteiger partial charge in [0.15, 0.2) is 0 Å². The number of carbonyl (C=O) groups is 1. The van der Waals surface area contributed by atoms with E-state index < -0.39 is 0 Å². The van der Waals surface area contributed by atoms with Gasteiger partial charge in [0.25, 0.3) is 0 Å². The molecule has 2 rings (SSSR count). The maximum atomic E-state index is 11.9. The first-order valence-electron chi connectivity index (χ1n) is 5.22. The second-order valence-corrected chi connectivity index (χ2v) is 4.22. The fraction of sp³-hybridized carbons (Fsp3) is 0.727. The smallest absolute Gasteiger partial charge is 0.144 e. The van der Waals surface area contributed by atoms with Gasteiger partial charge in [0.2, 0.25) is 0 Å². The van der Waals surface area contributed by atoms with Crippen molar-refractivity contribution in [3.63, 3.8) is 0 Å². The van der Waals surface area contributed by atoms with Crippen LogP contribution in [0.3, 0.4) is 0 Å². The van der Waals surface area contributed by atoms with E-state index >= 15 is 0 Å². The minimum Gasteiger partial charge on any atom is -0.388 e. The number of Topliss-reactive ketones (excluding diaryl/α,β-unsaturated/α-hetero) is 1. The van der Waals surface area contributed by atoms with Gasteiger partial charge in [-0.15, -0.1) is 0 Å². The topological polar surface area (TPSA) is 29.1 Å². The van der Waals surface area contributed by atoms with Gasteiger partial charge in [-0.05, 0) is 25.7 Å². The van der Waals surface area contributed by atoms with Crippen LogP contribution in [0.1, 0.15) is 38.5 Å². The molecule has 0 amide bonds. The molecular formula is C11H17NO. The molecule has 1 N–H and O–H groups in total. The van der Waals surface area contributed by atoms with Crippen molar-refractivity contribution < 1.29 is 4.79 Å². The highest BCUT2D eigenvalue weighted by Crippen LogP contribution is 2.43. The highest BCUT2D eigenvalue weighted by atomic mass is 16.1. The fourth-order valence-corrected chi connectivity index (χ4v) is 2.62. The molecule has 1 saturated heterocycles. The predicted molar refractivity (Wildman–Crippen MR) is 52.3 cm³/mol. The van der Waals surface area contributed by atoms with Crippen molar-refractivity contribution in [3.8, 4) is 0 Å². The summed E-state index contributed by atoms with van der Waals surface area (Å²) in [6.45, 7) is 5.00. The van der Waals surface area contributed by atoms with E-state index in [0.29, 0.717) is 5.78 Å². The van der Waals surface area contributed by atoms with E-state index in [4.69, 9.17) is 0 Å². The van der Waals surface area contributed by atoms with Gasteiger partial charge in [0, 0.05) is 18.7 Å². The Morgan fingerprint density at radius 1 is 1.23 bits per heavy atom. The molecule has 1 atom stereocenters. The quantitative estimate of drug-likeness (QED) is 0.616. The zero-order valence-corrected chi connectivity index (χ0v) is 8.07. The third-order valence-corrected chi connectivity index (χ3v) is 3.49. The Hall–Kier alpha value is -0.790. The van der Waals surface area contributed by atoms with E-state index in [1.54, 1.807) is 0 Å². The molecule has 2 fully saturated rings. The van der Waals surface area contributed by atoms with Crippen LogP contribution in [0.15, 0.2) is 12.3 Å². The van der Waals surface area contributed by atoms with Crippen LogP contribution >= 0.6 is 0 Å². The van der Waals surface area contributed by atoms with Crippen LogP contribution < -0.4 is 5.32 Å². The molecule has 0 bridgehead atoms. The van der Waals surface area contributed by atoms with Crippen molar-refractivity contribution in [2.45, 2.75) is 38.5 Å². The van der Waals surface area contributed by atoms with Crippen LogP contribution in [0, 0.1) is 5.41 Å². The number of rotatable bonds is 0. The van der Waals surface area contributed by atoms with E-state index in [9.17, 15) is 4.79 Å². The van der Waals surface area contributed by atoms with Crippen LogP contribution in [0.2, 0.25) is 0 Å². The summed E-state index contributed by atoms with van der Waals surface area (Å²) in [5.41, 5.74) is 0.819. The predicted octanol–water partition coefficient (Wildman–Crippen LogP) is 2.01. The molecule has 0 radical (unpaired) electrons. The number of ketones is 1. The largest absolute Gasteiger partial charge is 0.388 e. The van der Waals surface area contributed by atoms with Crippen LogP contribution in [0.5, 0.6) is 0 Å². The van der Waals surface area contributed by atoms with Crippen LogP contribution in [0.25, 0.3) is 0 Å². The molecule has 1 saturated carbocycles. The SMILES string of the molecule is C=C1NCCCC12CCCCC2=O. The highest BCUT2D eigenvalue weighted by molar-refractivity contribution is 5.88. The lowest BCUT2D eigenvalue weighted by Gasteiger charge is -2.41. The zero-order chi connectivity index (χ0) is 9.31. The first-order valence-corrected chi connectivity index (χ1v) is 5.22. The Morgan fingerprint density at radius 3 is 2.69 bits per heavy atom. The minimum atomic E-state index is -0.170. The summed E-state index contributed by atoms with van der Waals surface area (Å²) in [6.07, 6.45) is 6.20. The molecule has 1 aliphatic carbocycles. The molecule has 2 heteroatoms. The van der Waals surface area contributed by atoms with Crippen LogP contribution in [-0.2, 0) is 4.79 Å². The highest BCUT2D eigenvalue weighted by Gasteiger charge is 2.43. The second-order valence-electron chi connectivity index (χ2n) is 4.22. The summed E-state index contributed by atoms with van der Waals surface area (Å²) >= 11 is 0. The molecule has 1 unspecified atom stereocenters. The number of allylic oxidation sites excluding steroid dienone is 1. The van der Waals surface area contributed by atoms with E-state index in [2.05, 4.69) is 11.9 Å². The number of hydrogen-bond donors (Lipinski definition) is 1. The zero-order valence-electron chi connectivity index (χ0n) is 8.07. The monoisotopic (exact) mass is 179 g/mol. The van der Waals surface area contributed by atoms with Gasteiger partial charge in [-0.25, -0.2) is 0 Å². The average molecular weight is 179 g/mol. The number of hydrogen-bond acceptors (Lipinski definition) is 2. The maximum Gasteiger partial charge on any atom is 0.144 e. The van der Waals surface area contributed by atoms with Gasteiger partial charge in [0.1, 0.15) is 5.78 Å². The van der Waals surface area contributed by atoms with Crippen molar-refractivity contribution in [2.24, 2.45) is 5.41 Å². The molecule has 0 aromatic carbocycles. The Labute approximate surface area is 79.4 Å². The molecule has 1 heterocycles. The first kappa shape index (κ1) is 8.79. The molecule has 2 nitrogen and oxygen atoms in total. The van der Waals surface area contributed by atoms with Crippen molar-refractivity contribution >= 4 is 5.78 Å². The summed E-state index contributed by atoms with van der Waals surface area (Å²) in [5, 5.41) is 3.26. The van der Waals surface area contributed by atoms with Crippen LogP contribution in [-0.4, -0.2) is 12.3 Å². The third-order valence-electron chi connectivity index (χ3n) is 3.49. The van der Waals surface area contributed by atoms with Gasteiger partial charge in [-0.1, -0.05) is 13.0 Å². The number of nitrogens with one attached hydrogen (secondary N) is 1. The minimum absolute atomic E-state index is 0.170. The lowest BCUT2D eigenvalue weighted by Crippen LogP contribution is -2.44. The van der Waals surface area contributed by atoms with Gasteiger partial charge in [-0.3, -0.25) is 4.79 Å². The van der Waals surface area contributed by atoms with Crippen LogP contribution in [0.4, 0.5) is 0 Å². The molecule has 2 aliphatic rings. The van der Waals surface area contributed by atoms with Gasteiger partial charge < -0.3 is 5.32 Å². The standard InChI is InChI=1S/C11H17NO/c1-9-11(7-4-8-12-9)6-3-2-5-10(11)13/h12H,1-8H2. The lowest BCUT2D eigenvalue weighted by molar-refractivity contribution is -0.130. The summed E-state index contributed by atoms with van der Waals surface area (Å²) in [4.78, 5) is 11.9. The Kier molecular flexibility index (Phi) is 2.14. The molecule has 72 valence electrons. The lowest BCUT2D eigenvalue weighted by atomic mass is 9.67. The molecule has 0 aromatic rings. The second kappa shape index (κ2) is 3.17.